The molecule has 0 radical (unpaired) electrons. The summed E-state index contributed by atoms with van der Waals surface area (Å²) in [6.07, 6.45) is 5.56. The van der Waals surface area contributed by atoms with Gasteiger partial charge in [0.1, 0.15) is 6.33 Å². The molecule has 0 bridgehead atoms. The van der Waals surface area contributed by atoms with Gasteiger partial charge >= 0.3 is 0 Å². The molecule has 88 valence electrons. The van der Waals surface area contributed by atoms with Crippen molar-refractivity contribution >= 4 is 15.7 Å². The second-order valence-corrected chi connectivity index (χ2v) is 5.59. The Balaban J connectivity index is 2.34. The summed E-state index contributed by atoms with van der Waals surface area (Å²) in [5, 5.41) is 0. The van der Waals surface area contributed by atoms with Crippen LogP contribution in [0.15, 0.2) is 47.9 Å². The first-order valence-corrected chi connectivity index (χ1v) is 6.70. The summed E-state index contributed by atoms with van der Waals surface area (Å²) in [6, 6.07) is 5.80. The number of sulfone groups is 1. The fourth-order valence-electron chi connectivity index (χ4n) is 1.37. The first-order chi connectivity index (χ1) is 7.98. The predicted octanol–water partition coefficient (Wildman–Crippen LogP) is 0.975. The lowest BCUT2D eigenvalue weighted by Crippen LogP contribution is -2.09. The summed E-state index contributed by atoms with van der Waals surface area (Å²) in [5.41, 5.74) is 0.412. The molecule has 0 aliphatic heterocycles. The van der Waals surface area contributed by atoms with E-state index >= 15 is 0 Å². The molecule has 1 heterocycles. The Bertz CT molecular complexity index is 628. The lowest BCUT2D eigenvalue weighted by Gasteiger charge is -2.02. The van der Waals surface area contributed by atoms with Gasteiger partial charge in [0.2, 0.25) is 0 Å². The van der Waals surface area contributed by atoms with E-state index in [-0.39, 0.29) is 10.8 Å². The Labute approximate surface area is 98.6 Å². The molecule has 0 atom stereocenters. The topological polar surface area (TPSA) is 69.0 Å². The molecule has 0 aliphatic rings. The van der Waals surface area contributed by atoms with Gasteiger partial charge in [-0.2, -0.15) is 0 Å². The van der Waals surface area contributed by atoms with Crippen LogP contribution >= 0.6 is 0 Å². The zero-order valence-corrected chi connectivity index (χ0v) is 9.89. The van der Waals surface area contributed by atoms with Crippen molar-refractivity contribution in [1.82, 2.24) is 9.55 Å². The monoisotopic (exact) mass is 250 g/mol. The number of hydrogen-bond donors (Lipinski definition) is 0. The highest BCUT2D eigenvalue weighted by atomic mass is 32.2. The molecule has 2 rings (SSSR count). The quantitative estimate of drug-likeness (QED) is 0.796. The Morgan fingerprint density at radius 3 is 2.35 bits per heavy atom. The highest BCUT2D eigenvalue weighted by molar-refractivity contribution is 7.90. The molecule has 0 N–H and O–H groups in total. The van der Waals surface area contributed by atoms with Gasteiger partial charge in [-0.15, -0.1) is 0 Å². The van der Waals surface area contributed by atoms with Crippen LogP contribution in [-0.4, -0.2) is 30.1 Å². The Morgan fingerprint density at radius 1 is 1.24 bits per heavy atom. The molecule has 0 saturated carbocycles. The third-order valence-electron chi connectivity index (χ3n) is 2.27. The highest BCUT2D eigenvalue weighted by Gasteiger charge is 2.10. The number of imidazole rings is 1. The van der Waals surface area contributed by atoms with E-state index in [0.717, 1.165) is 6.26 Å². The maximum atomic E-state index is 11.8. The molecule has 0 fully saturated rings. The van der Waals surface area contributed by atoms with Crippen molar-refractivity contribution in [1.29, 1.82) is 0 Å². The third kappa shape index (κ3) is 2.42. The molecule has 6 heteroatoms. The van der Waals surface area contributed by atoms with Crippen molar-refractivity contribution in [2.24, 2.45) is 0 Å². The first-order valence-electron chi connectivity index (χ1n) is 4.81. The maximum Gasteiger partial charge on any atom is 0.263 e. The van der Waals surface area contributed by atoms with Crippen LogP contribution in [-0.2, 0) is 9.84 Å². The Morgan fingerprint density at radius 2 is 1.88 bits per heavy atom. The van der Waals surface area contributed by atoms with E-state index in [1.807, 2.05) is 0 Å². The van der Waals surface area contributed by atoms with E-state index in [9.17, 15) is 13.2 Å². The van der Waals surface area contributed by atoms with Crippen molar-refractivity contribution in [3.05, 3.63) is 48.5 Å². The van der Waals surface area contributed by atoms with Crippen molar-refractivity contribution in [2.45, 2.75) is 4.90 Å². The second-order valence-electron chi connectivity index (χ2n) is 3.57. The number of hydrogen-bond acceptors (Lipinski definition) is 4. The largest absolute Gasteiger partial charge is 0.272 e. The number of carbonyl (C=O) groups excluding carboxylic acids is 1. The summed E-state index contributed by atoms with van der Waals surface area (Å²) < 4.78 is 23.8. The Kier molecular flexibility index (Phi) is 2.81. The van der Waals surface area contributed by atoms with Gasteiger partial charge in [0.25, 0.3) is 5.91 Å². The van der Waals surface area contributed by atoms with E-state index in [1.165, 1.54) is 47.6 Å². The van der Waals surface area contributed by atoms with Gasteiger partial charge in [-0.05, 0) is 24.3 Å². The molecule has 0 saturated heterocycles. The lowest BCUT2D eigenvalue weighted by molar-refractivity contribution is 0.0959. The van der Waals surface area contributed by atoms with E-state index in [0.29, 0.717) is 5.56 Å². The van der Waals surface area contributed by atoms with E-state index in [2.05, 4.69) is 4.98 Å². The van der Waals surface area contributed by atoms with Crippen LogP contribution in [0.1, 0.15) is 10.4 Å². The molecule has 0 spiro atoms. The zero-order chi connectivity index (χ0) is 12.5. The molecule has 0 amide bonds. The molecule has 1 aromatic carbocycles. The number of benzene rings is 1. The van der Waals surface area contributed by atoms with Crippen molar-refractivity contribution in [3.8, 4) is 0 Å². The molecule has 0 unspecified atom stereocenters. The van der Waals surface area contributed by atoms with Gasteiger partial charge in [-0.1, -0.05) is 0 Å². The van der Waals surface area contributed by atoms with Crippen LogP contribution in [0.2, 0.25) is 0 Å². The minimum absolute atomic E-state index is 0.194. The summed E-state index contributed by atoms with van der Waals surface area (Å²) in [7, 11) is -3.23. The van der Waals surface area contributed by atoms with Gasteiger partial charge in [0.05, 0.1) is 4.90 Å². The minimum atomic E-state index is -3.23. The smallest absolute Gasteiger partial charge is 0.263 e. The van der Waals surface area contributed by atoms with Crippen molar-refractivity contribution < 1.29 is 13.2 Å². The SMILES string of the molecule is CS(=O)(=O)c1ccc(C(=O)n2ccnc2)cc1. The van der Waals surface area contributed by atoms with Crippen molar-refractivity contribution in [3.63, 3.8) is 0 Å². The summed E-state index contributed by atoms with van der Waals surface area (Å²) in [5.74, 6) is -0.248. The molecule has 1 aromatic heterocycles. The average molecular weight is 250 g/mol. The standard InChI is InChI=1S/C11H10N2O3S/c1-17(15,16)10-4-2-9(3-5-10)11(14)13-7-6-12-8-13/h2-8H,1H3. The van der Waals surface area contributed by atoms with Crippen LogP contribution < -0.4 is 0 Å². The third-order valence-corrected chi connectivity index (χ3v) is 3.40. The van der Waals surface area contributed by atoms with Crippen LogP contribution in [0.25, 0.3) is 0 Å². The molecular weight excluding hydrogens is 240 g/mol. The molecule has 2 aromatic rings. The van der Waals surface area contributed by atoms with Gasteiger partial charge < -0.3 is 0 Å². The molecule has 17 heavy (non-hydrogen) atoms. The van der Waals surface area contributed by atoms with E-state index in [4.69, 9.17) is 0 Å². The lowest BCUT2D eigenvalue weighted by atomic mass is 10.2. The second kappa shape index (κ2) is 4.14. The van der Waals surface area contributed by atoms with Gasteiger partial charge in [-0.25, -0.2) is 13.4 Å². The predicted molar refractivity (Wildman–Crippen MR) is 61.5 cm³/mol. The van der Waals surface area contributed by atoms with Crippen LogP contribution in [0.4, 0.5) is 0 Å². The highest BCUT2D eigenvalue weighted by Crippen LogP contribution is 2.11. The van der Waals surface area contributed by atoms with Crippen LogP contribution in [0.5, 0.6) is 0 Å². The first kappa shape index (κ1) is 11.5. The molecule has 5 nitrogen and oxygen atoms in total. The molecule has 0 aliphatic carbocycles. The van der Waals surface area contributed by atoms with E-state index < -0.39 is 9.84 Å². The van der Waals surface area contributed by atoms with Crippen LogP contribution in [0, 0.1) is 0 Å². The average Bonchev–Trinajstić information content (AvgIpc) is 2.80. The number of rotatable bonds is 2. The summed E-state index contributed by atoms with van der Waals surface area (Å²) in [6.45, 7) is 0. The summed E-state index contributed by atoms with van der Waals surface area (Å²) >= 11 is 0. The fraction of sp³-hybridized carbons (Fsp3) is 0.0909. The zero-order valence-electron chi connectivity index (χ0n) is 9.07. The Hall–Kier alpha value is -1.95. The number of aromatic nitrogens is 2. The normalized spacial score (nSPS) is 11.4. The van der Waals surface area contributed by atoms with Crippen molar-refractivity contribution in [2.75, 3.05) is 6.26 Å². The minimum Gasteiger partial charge on any atom is -0.272 e. The maximum absolute atomic E-state index is 11.8. The van der Waals surface area contributed by atoms with E-state index in [1.54, 1.807) is 0 Å². The number of carbonyl (C=O) groups is 1. The van der Waals surface area contributed by atoms with Gasteiger partial charge in [0.15, 0.2) is 9.84 Å². The van der Waals surface area contributed by atoms with Gasteiger partial charge in [-0.3, -0.25) is 9.36 Å². The molecular formula is C11H10N2O3S. The number of nitrogens with zero attached hydrogens (tertiary/aromatic N) is 2. The fourth-order valence-corrected chi connectivity index (χ4v) is 2.00. The van der Waals surface area contributed by atoms with Crippen LogP contribution in [0.3, 0.4) is 0 Å². The summed E-state index contributed by atoms with van der Waals surface area (Å²) in [4.78, 5) is 15.8. The van der Waals surface area contributed by atoms with Gasteiger partial charge in [0, 0.05) is 24.2 Å².